The van der Waals surface area contributed by atoms with Crippen LogP contribution in [0.4, 0.5) is 0 Å². The topological polar surface area (TPSA) is 100 Å². The predicted octanol–water partition coefficient (Wildman–Crippen LogP) is 2.36. The van der Waals surface area contributed by atoms with Gasteiger partial charge in [0, 0.05) is 12.8 Å². The summed E-state index contributed by atoms with van der Waals surface area (Å²) in [6.07, 6.45) is 0. The molecule has 0 radical (unpaired) electrons. The molecule has 0 fully saturated rings. The third kappa shape index (κ3) is 4.40. The van der Waals surface area contributed by atoms with Gasteiger partial charge >= 0.3 is 0 Å². The second-order valence-corrected chi connectivity index (χ2v) is 8.63. The molecule has 0 aliphatic heterocycles. The molecule has 0 unspecified atom stereocenters. The van der Waals surface area contributed by atoms with E-state index in [1.165, 1.54) is 12.1 Å². The van der Waals surface area contributed by atoms with Crippen LogP contribution in [0.2, 0.25) is 0 Å². The van der Waals surface area contributed by atoms with Crippen molar-refractivity contribution in [2.45, 2.75) is 10.1 Å². The fraction of sp³-hybridized carbons (Fsp3) is 0.200. The number of primary sulfonamides is 1. The zero-order valence-corrected chi connectivity index (χ0v) is 15.8. The van der Waals surface area contributed by atoms with Gasteiger partial charge in [-0.3, -0.25) is 0 Å². The molecule has 0 amide bonds. The maximum absolute atomic E-state index is 11.2. The minimum Gasteiger partial charge on any atom is -0.493 e. The normalized spacial score (nSPS) is 11.6. The highest BCUT2D eigenvalue weighted by atomic mass is 32.2. The largest absolute Gasteiger partial charge is 0.493 e. The average molecular weight is 397 g/mol. The molecule has 25 heavy (non-hydrogen) atoms. The molecule has 3 aromatic rings. The van der Waals surface area contributed by atoms with Crippen LogP contribution in [0.5, 0.6) is 5.75 Å². The number of hydrogen-bond donors (Lipinski definition) is 1. The second kappa shape index (κ2) is 7.56. The number of sulfonamides is 1. The second-order valence-electron chi connectivity index (χ2n) is 5.06. The summed E-state index contributed by atoms with van der Waals surface area (Å²) in [5.41, 5.74) is 0. The predicted molar refractivity (Wildman–Crippen MR) is 98.4 cm³/mol. The molecule has 0 aliphatic rings. The summed E-state index contributed by atoms with van der Waals surface area (Å²) in [5.74, 6) is 2.12. The van der Waals surface area contributed by atoms with Crippen LogP contribution in [0, 0.1) is 0 Å². The number of ether oxygens (including phenoxy) is 1. The van der Waals surface area contributed by atoms with Crippen molar-refractivity contribution in [3.05, 3.63) is 41.8 Å². The zero-order valence-electron chi connectivity index (χ0n) is 13.3. The summed E-state index contributed by atoms with van der Waals surface area (Å²) in [5, 5.41) is 16.3. The molecule has 7 nitrogen and oxygen atoms in total. The molecule has 0 spiro atoms. The van der Waals surface area contributed by atoms with Crippen LogP contribution in [0.15, 0.2) is 51.8 Å². The number of hydrogen-bond acceptors (Lipinski definition) is 7. The van der Waals surface area contributed by atoms with Crippen LogP contribution in [-0.2, 0) is 17.1 Å². The summed E-state index contributed by atoms with van der Waals surface area (Å²) in [4.78, 5) is 1.14. The van der Waals surface area contributed by atoms with Gasteiger partial charge in [0.25, 0.3) is 0 Å². The Morgan fingerprint density at radius 2 is 2.00 bits per heavy atom. The summed E-state index contributed by atoms with van der Waals surface area (Å²) in [6, 6.07) is 10.0. The quantitative estimate of drug-likeness (QED) is 0.486. The minimum atomic E-state index is -3.68. The number of thioether (sulfide) groups is 1. The van der Waals surface area contributed by atoms with E-state index in [2.05, 4.69) is 10.2 Å². The first-order valence-corrected chi connectivity index (χ1v) is 10.7. The highest BCUT2D eigenvalue weighted by molar-refractivity contribution is 7.99. The van der Waals surface area contributed by atoms with E-state index in [-0.39, 0.29) is 4.90 Å². The monoisotopic (exact) mass is 396 g/mol. The Bertz CT molecular complexity index is 935. The summed E-state index contributed by atoms with van der Waals surface area (Å²) >= 11 is 3.17. The summed E-state index contributed by atoms with van der Waals surface area (Å²) in [7, 11) is -1.74. The summed E-state index contributed by atoms with van der Waals surface area (Å²) in [6.45, 7) is 0.459. The zero-order chi connectivity index (χ0) is 17.9. The molecular weight excluding hydrogens is 380 g/mol. The molecule has 2 aromatic heterocycles. The van der Waals surface area contributed by atoms with Crippen molar-refractivity contribution in [2.24, 2.45) is 12.2 Å². The van der Waals surface area contributed by atoms with E-state index < -0.39 is 10.0 Å². The van der Waals surface area contributed by atoms with Crippen molar-refractivity contribution in [1.82, 2.24) is 14.8 Å². The molecule has 1 aromatic carbocycles. The molecular formula is C15H16N4O3S3. The lowest BCUT2D eigenvalue weighted by Gasteiger charge is -2.06. The Kier molecular flexibility index (Phi) is 5.42. The van der Waals surface area contributed by atoms with Gasteiger partial charge in [-0.05, 0) is 35.7 Å². The number of rotatable bonds is 7. The van der Waals surface area contributed by atoms with Crippen LogP contribution in [0.1, 0.15) is 0 Å². The van der Waals surface area contributed by atoms with Crippen LogP contribution < -0.4 is 9.88 Å². The van der Waals surface area contributed by atoms with E-state index in [0.29, 0.717) is 18.1 Å². The fourth-order valence-corrected chi connectivity index (χ4v) is 4.07. The highest BCUT2D eigenvalue weighted by Crippen LogP contribution is 2.26. The maximum atomic E-state index is 11.2. The molecule has 0 aliphatic carbocycles. The maximum Gasteiger partial charge on any atom is 0.238 e. The third-order valence-corrected chi connectivity index (χ3v) is 6.09. The molecule has 10 heteroatoms. The van der Waals surface area contributed by atoms with Crippen LogP contribution >= 0.6 is 23.1 Å². The summed E-state index contributed by atoms with van der Waals surface area (Å²) < 4.78 is 30.0. The van der Waals surface area contributed by atoms with Gasteiger partial charge < -0.3 is 9.30 Å². The number of thiophene rings is 1. The van der Waals surface area contributed by atoms with Gasteiger partial charge in [0.05, 0.1) is 16.4 Å². The molecule has 0 saturated heterocycles. The van der Waals surface area contributed by atoms with Crippen LogP contribution in [0.25, 0.3) is 10.7 Å². The van der Waals surface area contributed by atoms with Crippen molar-refractivity contribution in [1.29, 1.82) is 0 Å². The van der Waals surface area contributed by atoms with Crippen molar-refractivity contribution in [2.75, 3.05) is 12.4 Å². The number of benzene rings is 1. The molecule has 2 heterocycles. The number of aromatic nitrogens is 3. The van der Waals surface area contributed by atoms with Crippen molar-refractivity contribution in [3.8, 4) is 16.5 Å². The molecule has 0 bridgehead atoms. The minimum absolute atomic E-state index is 0.0643. The van der Waals surface area contributed by atoms with Gasteiger partial charge in [0.2, 0.25) is 10.0 Å². The molecule has 0 atom stereocenters. The number of nitrogens with zero attached hydrogens (tertiary/aromatic N) is 3. The smallest absolute Gasteiger partial charge is 0.238 e. The van der Waals surface area contributed by atoms with E-state index in [9.17, 15) is 8.42 Å². The number of nitrogens with two attached hydrogens (primary N) is 1. The van der Waals surface area contributed by atoms with Gasteiger partial charge in [-0.2, -0.15) is 0 Å². The van der Waals surface area contributed by atoms with Crippen molar-refractivity contribution >= 4 is 33.1 Å². The molecule has 3 rings (SSSR count). The lowest BCUT2D eigenvalue weighted by molar-refractivity contribution is 0.343. The van der Waals surface area contributed by atoms with Crippen molar-refractivity contribution < 1.29 is 13.2 Å². The van der Waals surface area contributed by atoms with E-state index in [4.69, 9.17) is 9.88 Å². The molecule has 2 N–H and O–H groups in total. The van der Waals surface area contributed by atoms with E-state index in [1.54, 1.807) is 35.2 Å². The SMILES string of the molecule is Cn1c(SCCOc2ccc(S(N)(=O)=O)cc2)nnc1-c1cccs1. The molecule has 0 saturated carbocycles. The fourth-order valence-electron chi connectivity index (χ4n) is 2.08. The Morgan fingerprint density at radius 3 is 2.64 bits per heavy atom. The Labute approximate surface area is 153 Å². The highest BCUT2D eigenvalue weighted by Gasteiger charge is 2.12. The first-order chi connectivity index (χ1) is 11.9. The lowest BCUT2D eigenvalue weighted by atomic mass is 10.3. The Balaban J connectivity index is 1.52. The van der Waals surface area contributed by atoms with Gasteiger partial charge in [-0.15, -0.1) is 21.5 Å². The van der Waals surface area contributed by atoms with Gasteiger partial charge in [0.15, 0.2) is 11.0 Å². The van der Waals surface area contributed by atoms with Gasteiger partial charge in [-0.25, -0.2) is 13.6 Å². The van der Waals surface area contributed by atoms with Gasteiger partial charge in [-0.1, -0.05) is 17.8 Å². The molecule has 132 valence electrons. The Morgan fingerprint density at radius 1 is 1.24 bits per heavy atom. The van der Waals surface area contributed by atoms with E-state index in [1.807, 2.05) is 29.1 Å². The van der Waals surface area contributed by atoms with E-state index in [0.717, 1.165) is 15.9 Å². The standard InChI is InChI=1S/C15H16N4O3S3/c1-19-14(13-3-2-9-23-13)17-18-15(19)24-10-8-22-11-4-6-12(7-5-11)25(16,20)21/h2-7,9H,8,10H2,1H3,(H2,16,20,21). The van der Waals surface area contributed by atoms with Crippen LogP contribution in [0.3, 0.4) is 0 Å². The Hall–Kier alpha value is -1.88. The van der Waals surface area contributed by atoms with Crippen LogP contribution in [-0.4, -0.2) is 35.5 Å². The van der Waals surface area contributed by atoms with Crippen molar-refractivity contribution in [3.63, 3.8) is 0 Å². The third-order valence-electron chi connectivity index (χ3n) is 3.31. The van der Waals surface area contributed by atoms with Gasteiger partial charge in [0.1, 0.15) is 5.75 Å². The van der Waals surface area contributed by atoms with E-state index >= 15 is 0 Å². The first-order valence-electron chi connectivity index (χ1n) is 7.27. The first kappa shape index (κ1) is 17.9. The average Bonchev–Trinajstić information content (AvgIpc) is 3.21. The lowest BCUT2D eigenvalue weighted by Crippen LogP contribution is -2.11.